The van der Waals surface area contributed by atoms with E-state index in [4.69, 9.17) is 10.2 Å². The standard InChI is InChI=1S/C19H21N9/c1-2-15-18-25-23-12-27(18)16-9-21-19(26-10-13(7-8-20)22-11-26)24-17(16)28(15)14-5-3-4-6-14/h9-12,14-15H,2-7H2,1H3/t15-/m1/s1. The predicted octanol–water partition coefficient (Wildman–Crippen LogP) is 2.52. The molecule has 28 heavy (non-hydrogen) atoms. The Balaban J connectivity index is 1.64. The molecule has 0 radical (unpaired) electrons. The first-order chi connectivity index (χ1) is 13.8. The maximum Gasteiger partial charge on any atom is 0.236 e. The first kappa shape index (κ1) is 16.9. The van der Waals surface area contributed by atoms with Crippen molar-refractivity contribution in [1.29, 1.82) is 5.26 Å². The Morgan fingerprint density at radius 3 is 2.86 bits per heavy atom. The highest BCUT2D eigenvalue weighted by atomic mass is 15.4. The summed E-state index contributed by atoms with van der Waals surface area (Å²) < 4.78 is 3.79. The number of imidazole rings is 1. The van der Waals surface area contributed by atoms with Crippen molar-refractivity contribution in [3.63, 3.8) is 0 Å². The van der Waals surface area contributed by atoms with Crippen molar-refractivity contribution < 1.29 is 0 Å². The minimum absolute atomic E-state index is 0.151. The van der Waals surface area contributed by atoms with E-state index >= 15 is 0 Å². The Morgan fingerprint density at radius 2 is 2.07 bits per heavy atom. The third-order valence-corrected chi connectivity index (χ3v) is 5.68. The smallest absolute Gasteiger partial charge is 0.236 e. The largest absolute Gasteiger partial charge is 0.341 e. The quantitative estimate of drug-likeness (QED) is 0.690. The van der Waals surface area contributed by atoms with E-state index in [-0.39, 0.29) is 12.5 Å². The summed E-state index contributed by atoms with van der Waals surface area (Å²) in [6.07, 6.45) is 13.1. The number of fused-ring (bicyclic) bond motifs is 3. The number of rotatable bonds is 4. The van der Waals surface area contributed by atoms with Gasteiger partial charge in [-0.15, -0.1) is 10.2 Å². The van der Waals surface area contributed by atoms with Gasteiger partial charge in [0.05, 0.1) is 30.4 Å². The lowest BCUT2D eigenvalue weighted by Gasteiger charge is -2.40. The van der Waals surface area contributed by atoms with E-state index in [0.29, 0.717) is 17.7 Å². The zero-order chi connectivity index (χ0) is 19.1. The van der Waals surface area contributed by atoms with Gasteiger partial charge >= 0.3 is 0 Å². The molecule has 1 aliphatic heterocycles. The van der Waals surface area contributed by atoms with Gasteiger partial charge in [0.1, 0.15) is 18.3 Å². The van der Waals surface area contributed by atoms with Crippen LogP contribution in [0.25, 0.3) is 11.6 Å². The van der Waals surface area contributed by atoms with Gasteiger partial charge in [-0.1, -0.05) is 19.8 Å². The van der Waals surface area contributed by atoms with Gasteiger partial charge in [-0.3, -0.25) is 9.13 Å². The minimum atomic E-state index is 0.151. The molecule has 2 aliphatic rings. The fraction of sp³-hybridized carbons (Fsp3) is 0.474. The van der Waals surface area contributed by atoms with Crippen LogP contribution in [0.5, 0.6) is 0 Å². The van der Waals surface area contributed by atoms with Crippen LogP contribution < -0.4 is 4.90 Å². The minimum Gasteiger partial charge on any atom is -0.341 e. The van der Waals surface area contributed by atoms with Gasteiger partial charge in [-0.2, -0.15) is 10.2 Å². The molecule has 3 aromatic rings. The molecule has 1 saturated carbocycles. The van der Waals surface area contributed by atoms with Crippen LogP contribution in [-0.4, -0.2) is 40.3 Å². The van der Waals surface area contributed by atoms with Gasteiger partial charge in [-0.05, 0) is 19.3 Å². The molecule has 4 heterocycles. The molecule has 1 fully saturated rings. The molecule has 0 unspecified atom stereocenters. The van der Waals surface area contributed by atoms with E-state index in [9.17, 15) is 0 Å². The molecule has 1 atom stereocenters. The van der Waals surface area contributed by atoms with Gasteiger partial charge in [0.15, 0.2) is 11.6 Å². The predicted molar refractivity (Wildman–Crippen MR) is 101 cm³/mol. The molecule has 5 rings (SSSR count). The second-order valence-corrected chi connectivity index (χ2v) is 7.31. The third kappa shape index (κ3) is 2.56. The summed E-state index contributed by atoms with van der Waals surface area (Å²) in [6, 6.07) is 2.73. The Hall–Kier alpha value is -3.28. The highest BCUT2D eigenvalue weighted by molar-refractivity contribution is 5.62. The summed E-state index contributed by atoms with van der Waals surface area (Å²) in [5, 5.41) is 17.4. The van der Waals surface area contributed by atoms with Crippen molar-refractivity contribution in [2.24, 2.45) is 0 Å². The van der Waals surface area contributed by atoms with E-state index in [1.165, 1.54) is 25.7 Å². The Kier molecular flexibility index (Phi) is 4.04. The number of nitriles is 1. The number of hydrogen-bond acceptors (Lipinski definition) is 7. The van der Waals surface area contributed by atoms with Crippen LogP contribution in [0.15, 0.2) is 25.0 Å². The zero-order valence-corrected chi connectivity index (χ0v) is 15.7. The van der Waals surface area contributed by atoms with Crippen LogP contribution in [0.3, 0.4) is 0 Å². The second kappa shape index (κ2) is 6.71. The molecule has 9 heteroatoms. The van der Waals surface area contributed by atoms with Crippen LogP contribution in [0.4, 0.5) is 5.82 Å². The van der Waals surface area contributed by atoms with Crippen molar-refractivity contribution in [2.75, 3.05) is 4.90 Å². The highest BCUT2D eigenvalue weighted by Gasteiger charge is 2.38. The molecule has 142 valence electrons. The Morgan fingerprint density at radius 1 is 1.21 bits per heavy atom. The van der Waals surface area contributed by atoms with Crippen LogP contribution in [0, 0.1) is 11.3 Å². The molecule has 0 spiro atoms. The topological polar surface area (TPSA) is 101 Å². The molecule has 1 aliphatic carbocycles. The van der Waals surface area contributed by atoms with Crippen molar-refractivity contribution in [1.82, 2.24) is 34.3 Å². The molecular formula is C19H21N9. The fourth-order valence-electron chi connectivity index (χ4n) is 4.40. The van der Waals surface area contributed by atoms with Crippen molar-refractivity contribution in [3.8, 4) is 17.7 Å². The number of anilines is 1. The van der Waals surface area contributed by atoms with Crippen LogP contribution in [0.2, 0.25) is 0 Å². The average Bonchev–Trinajstić information content (AvgIpc) is 3.47. The maximum absolute atomic E-state index is 8.89. The molecule has 0 N–H and O–H groups in total. The summed E-state index contributed by atoms with van der Waals surface area (Å²) in [4.78, 5) is 16.2. The fourth-order valence-corrected chi connectivity index (χ4v) is 4.40. The lowest BCUT2D eigenvalue weighted by molar-refractivity contribution is 0.468. The molecule has 0 saturated heterocycles. The molecule has 0 amide bonds. The lowest BCUT2D eigenvalue weighted by Crippen LogP contribution is -2.42. The summed E-state index contributed by atoms with van der Waals surface area (Å²) in [5.41, 5.74) is 1.63. The van der Waals surface area contributed by atoms with E-state index < -0.39 is 0 Å². The van der Waals surface area contributed by atoms with Gasteiger partial charge in [0.25, 0.3) is 0 Å². The summed E-state index contributed by atoms with van der Waals surface area (Å²) in [5.74, 6) is 2.44. The SMILES string of the molecule is CC[C@@H]1c2nncn2-c2cnc(-n3cnc(CC#N)c3)nc2N1C1CCCC1. The Bertz CT molecular complexity index is 1040. The number of aromatic nitrogens is 7. The molecule has 9 nitrogen and oxygen atoms in total. The first-order valence-electron chi connectivity index (χ1n) is 9.76. The average molecular weight is 375 g/mol. The first-order valence-corrected chi connectivity index (χ1v) is 9.76. The third-order valence-electron chi connectivity index (χ3n) is 5.68. The Labute approximate surface area is 162 Å². The van der Waals surface area contributed by atoms with Gasteiger partial charge in [-0.25, -0.2) is 9.97 Å². The normalized spacial score (nSPS) is 18.7. The highest BCUT2D eigenvalue weighted by Crippen LogP contribution is 2.42. The number of nitrogens with zero attached hydrogens (tertiary/aromatic N) is 9. The lowest BCUT2D eigenvalue weighted by atomic mass is 10.0. The maximum atomic E-state index is 8.89. The molecule has 0 bridgehead atoms. The molecule has 0 aromatic carbocycles. The van der Waals surface area contributed by atoms with Crippen molar-refractivity contribution in [2.45, 2.75) is 57.5 Å². The van der Waals surface area contributed by atoms with Crippen molar-refractivity contribution in [3.05, 3.63) is 36.6 Å². The zero-order valence-electron chi connectivity index (χ0n) is 15.7. The summed E-state index contributed by atoms with van der Waals surface area (Å²) >= 11 is 0. The van der Waals surface area contributed by atoms with Gasteiger partial charge < -0.3 is 4.90 Å². The molecular weight excluding hydrogens is 354 g/mol. The van der Waals surface area contributed by atoms with E-state index in [2.05, 4.69) is 38.1 Å². The molecule has 3 aromatic heterocycles. The van der Waals surface area contributed by atoms with Crippen LogP contribution >= 0.6 is 0 Å². The van der Waals surface area contributed by atoms with E-state index in [1.807, 2.05) is 17.0 Å². The summed E-state index contributed by atoms with van der Waals surface area (Å²) in [7, 11) is 0. The second-order valence-electron chi connectivity index (χ2n) is 7.31. The van der Waals surface area contributed by atoms with Crippen LogP contribution in [-0.2, 0) is 6.42 Å². The van der Waals surface area contributed by atoms with Gasteiger partial charge in [0.2, 0.25) is 5.95 Å². The van der Waals surface area contributed by atoms with E-state index in [1.54, 1.807) is 17.2 Å². The van der Waals surface area contributed by atoms with Crippen molar-refractivity contribution >= 4 is 5.82 Å². The van der Waals surface area contributed by atoms with Gasteiger partial charge in [0, 0.05) is 12.2 Å². The number of hydrogen-bond donors (Lipinski definition) is 0. The van der Waals surface area contributed by atoms with Crippen LogP contribution in [0.1, 0.15) is 56.6 Å². The summed E-state index contributed by atoms with van der Waals surface area (Å²) in [6.45, 7) is 2.18. The van der Waals surface area contributed by atoms with E-state index in [0.717, 1.165) is 23.8 Å². The monoisotopic (exact) mass is 375 g/mol.